The van der Waals surface area contributed by atoms with Crippen molar-refractivity contribution in [3.05, 3.63) is 65.5 Å². The lowest BCUT2D eigenvalue weighted by Gasteiger charge is -2.07. The number of fused-ring (bicyclic) bond motifs is 5. The van der Waals surface area contributed by atoms with Crippen molar-refractivity contribution < 1.29 is 4.57 Å². The Hall–Kier alpha value is -2.35. The molecule has 0 saturated carbocycles. The summed E-state index contributed by atoms with van der Waals surface area (Å²) in [6.07, 6.45) is 2.20. The van der Waals surface area contributed by atoms with Gasteiger partial charge in [0.25, 0.3) is 0 Å². The number of aromatic nitrogens is 2. The largest absolute Gasteiger partial charge is 0.289 e. The molecule has 0 atom stereocenters. The number of nitrogens with zero attached hydrogens (tertiary/aromatic N) is 2. The zero-order valence-corrected chi connectivity index (χ0v) is 12.7. The summed E-state index contributed by atoms with van der Waals surface area (Å²) >= 11 is 0. The zero-order chi connectivity index (χ0) is 14.6. The van der Waals surface area contributed by atoms with Crippen molar-refractivity contribution >= 4 is 0 Å². The molecule has 0 unspecified atom stereocenters. The molecule has 0 spiro atoms. The number of pyridine rings is 1. The van der Waals surface area contributed by atoms with Gasteiger partial charge in [0.1, 0.15) is 0 Å². The SMILES string of the molecule is Cc1cc[n+]2c(c1)-c1ccccc1-c1c(C)cc(C)n1C2. The number of benzene rings is 1. The molecule has 104 valence electrons. The Morgan fingerprint density at radius 1 is 0.952 bits per heavy atom. The van der Waals surface area contributed by atoms with Gasteiger partial charge in [-0.3, -0.25) is 4.57 Å². The quantitative estimate of drug-likeness (QED) is 0.431. The molecule has 4 rings (SSSR count). The van der Waals surface area contributed by atoms with E-state index < -0.39 is 0 Å². The van der Waals surface area contributed by atoms with E-state index in [0.29, 0.717) is 0 Å². The summed E-state index contributed by atoms with van der Waals surface area (Å²) in [6, 6.07) is 15.5. The van der Waals surface area contributed by atoms with Crippen LogP contribution in [0.3, 0.4) is 0 Å². The summed E-state index contributed by atoms with van der Waals surface area (Å²) in [4.78, 5) is 0. The first kappa shape index (κ1) is 12.4. The maximum Gasteiger partial charge on any atom is 0.228 e. The van der Waals surface area contributed by atoms with Crippen LogP contribution in [0.1, 0.15) is 16.8 Å². The van der Waals surface area contributed by atoms with Crippen molar-refractivity contribution in [1.29, 1.82) is 0 Å². The summed E-state index contributed by atoms with van der Waals surface area (Å²) in [7, 11) is 0. The van der Waals surface area contributed by atoms with Crippen LogP contribution in [0.15, 0.2) is 48.7 Å². The lowest BCUT2D eigenvalue weighted by molar-refractivity contribution is -0.690. The number of aryl methyl sites for hydroxylation is 3. The molecule has 0 fully saturated rings. The van der Waals surface area contributed by atoms with Gasteiger partial charge >= 0.3 is 0 Å². The van der Waals surface area contributed by atoms with E-state index >= 15 is 0 Å². The molecular formula is C19H19N2+. The average molecular weight is 275 g/mol. The monoisotopic (exact) mass is 275 g/mol. The zero-order valence-electron chi connectivity index (χ0n) is 12.7. The maximum absolute atomic E-state index is 2.42. The van der Waals surface area contributed by atoms with Crippen LogP contribution in [0.2, 0.25) is 0 Å². The first-order valence-electron chi connectivity index (χ1n) is 7.42. The third-order valence-corrected chi connectivity index (χ3v) is 4.44. The smallest absolute Gasteiger partial charge is 0.228 e. The summed E-state index contributed by atoms with van der Waals surface area (Å²) in [6.45, 7) is 7.44. The molecule has 0 bridgehead atoms. The van der Waals surface area contributed by atoms with Crippen molar-refractivity contribution in [1.82, 2.24) is 4.57 Å². The second kappa shape index (κ2) is 4.32. The fourth-order valence-electron chi connectivity index (χ4n) is 3.44. The molecule has 0 N–H and O–H groups in total. The number of hydrogen-bond donors (Lipinski definition) is 0. The molecule has 1 aliphatic heterocycles. The number of rotatable bonds is 0. The lowest BCUT2D eigenvalue weighted by atomic mass is 9.99. The molecule has 21 heavy (non-hydrogen) atoms. The second-order valence-electron chi connectivity index (χ2n) is 5.99. The summed E-state index contributed by atoms with van der Waals surface area (Å²) in [5, 5.41) is 0. The van der Waals surface area contributed by atoms with Crippen molar-refractivity contribution in [2.75, 3.05) is 0 Å². The van der Waals surface area contributed by atoms with E-state index in [9.17, 15) is 0 Å². The minimum absolute atomic E-state index is 0.874. The van der Waals surface area contributed by atoms with Crippen LogP contribution in [0.25, 0.3) is 22.5 Å². The highest BCUT2D eigenvalue weighted by Crippen LogP contribution is 2.36. The molecule has 1 aliphatic rings. The van der Waals surface area contributed by atoms with Gasteiger partial charge in [-0.05, 0) is 44.0 Å². The molecule has 1 aromatic carbocycles. The van der Waals surface area contributed by atoms with Crippen LogP contribution in [-0.2, 0) is 6.67 Å². The molecule has 0 saturated heterocycles. The maximum atomic E-state index is 2.42. The van der Waals surface area contributed by atoms with E-state index in [1.807, 2.05) is 0 Å². The van der Waals surface area contributed by atoms with Crippen LogP contribution >= 0.6 is 0 Å². The molecular weight excluding hydrogens is 256 g/mol. The van der Waals surface area contributed by atoms with Crippen molar-refractivity contribution in [2.45, 2.75) is 27.4 Å². The Morgan fingerprint density at radius 3 is 2.52 bits per heavy atom. The van der Waals surface area contributed by atoms with E-state index in [1.165, 1.54) is 39.3 Å². The lowest BCUT2D eigenvalue weighted by Crippen LogP contribution is -2.38. The van der Waals surface area contributed by atoms with E-state index in [2.05, 4.69) is 78.6 Å². The molecule has 0 radical (unpaired) electrons. The van der Waals surface area contributed by atoms with Crippen molar-refractivity contribution in [2.24, 2.45) is 0 Å². The van der Waals surface area contributed by atoms with Crippen LogP contribution in [0.4, 0.5) is 0 Å². The fourth-order valence-corrected chi connectivity index (χ4v) is 3.44. The Bertz CT molecular complexity index is 856. The normalized spacial score (nSPS) is 12.3. The van der Waals surface area contributed by atoms with E-state index in [-0.39, 0.29) is 0 Å². The first-order valence-corrected chi connectivity index (χ1v) is 7.42. The standard InChI is InChI=1S/C19H19N2/c1-13-8-9-20-12-21-15(3)11-14(2)19(21)17-7-5-4-6-16(17)18(20)10-13/h4-11H,12H2,1-3H3/q+1. The van der Waals surface area contributed by atoms with Crippen molar-refractivity contribution in [3.63, 3.8) is 0 Å². The van der Waals surface area contributed by atoms with E-state index in [1.54, 1.807) is 0 Å². The predicted molar refractivity (Wildman–Crippen MR) is 85.1 cm³/mol. The minimum atomic E-state index is 0.874. The van der Waals surface area contributed by atoms with Crippen LogP contribution in [-0.4, -0.2) is 4.57 Å². The Labute approximate surface area is 125 Å². The van der Waals surface area contributed by atoms with Crippen LogP contribution in [0.5, 0.6) is 0 Å². The molecule has 3 heterocycles. The minimum Gasteiger partial charge on any atom is -0.289 e. The van der Waals surface area contributed by atoms with Gasteiger partial charge in [-0.15, -0.1) is 0 Å². The van der Waals surface area contributed by atoms with Gasteiger partial charge in [0.15, 0.2) is 6.20 Å². The summed E-state index contributed by atoms with van der Waals surface area (Å²) in [5.41, 5.74) is 9.28. The van der Waals surface area contributed by atoms with E-state index in [0.717, 1.165) is 6.67 Å². The highest BCUT2D eigenvalue weighted by molar-refractivity contribution is 5.81. The predicted octanol–water partition coefficient (Wildman–Crippen LogP) is 3.85. The molecule has 3 aromatic rings. The first-order chi connectivity index (χ1) is 10.1. The van der Waals surface area contributed by atoms with Gasteiger partial charge in [0.2, 0.25) is 12.4 Å². The molecule has 2 nitrogen and oxygen atoms in total. The Kier molecular flexibility index (Phi) is 2.55. The topological polar surface area (TPSA) is 8.81 Å². The highest BCUT2D eigenvalue weighted by Gasteiger charge is 2.26. The molecule has 0 aliphatic carbocycles. The van der Waals surface area contributed by atoms with Gasteiger partial charge in [0.05, 0.1) is 11.3 Å². The average Bonchev–Trinajstić information content (AvgIpc) is 2.67. The molecule has 2 aromatic heterocycles. The van der Waals surface area contributed by atoms with Crippen LogP contribution in [0, 0.1) is 20.8 Å². The Balaban J connectivity index is 2.14. The van der Waals surface area contributed by atoms with Gasteiger partial charge in [-0.2, -0.15) is 4.57 Å². The Morgan fingerprint density at radius 2 is 1.71 bits per heavy atom. The summed E-state index contributed by atoms with van der Waals surface area (Å²) < 4.78 is 4.76. The second-order valence-corrected chi connectivity index (χ2v) is 5.99. The highest BCUT2D eigenvalue weighted by atomic mass is 15.2. The van der Waals surface area contributed by atoms with Gasteiger partial charge < -0.3 is 0 Å². The van der Waals surface area contributed by atoms with Crippen LogP contribution < -0.4 is 4.57 Å². The summed E-state index contributed by atoms with van der Waals surface area (Å²) in [5.74, 6) is 0. The third-order valence-electron chi connectivity index (χ3n) is 4.44. The van der Waals surface area contributed by atoms with Crippen molar-refractivity contribution in [3.8, 4) is 22.5 Å². The fraction of sp³-hybridized carbons (Fsp3) is 0.211. The third kappa shape index (κ3) is 1.75. The van der Waals surface area contributed by atoms with E-state index in [4.69, 9.17) is 0 Å². The number of hydrogen-bond acceptors (Lipinski definition) is 0. The van der Waals surface area contributed by atoms with Gasteiger partial charge in [-0.25, -0.2) is 0 Å². The van der Waals surface area contributed by atoms with Gasteiger partial charge in [0, 0.05) is 23.4 Å². The molecule has 0 amide bonds. The molecule has 2 heteroatoms. The van der Waals surface area contributed by atoms with Gasteiger partial charge in [-0.1, -0.05) is 18.2 Å².